The van der Waals surface area contributed by atoms with Gasteiger partial charge in [0.05, 0.1) is 81.7 Å². The van der Waals surface area contributed by atoms with Crippen LogP contribution in [0, 0.1) is 26.3 Å². The summed E-state index contributed by atoms with van der Waals surface area (Å²) >= 11 is 16.1. The molecule has 0 aliphatic rings. The number of aromatic hydroxyl groups is 1. The third-order valence-electron chi connectivity index (χ3n) is 8.56. The van der Waals surface area contributed by atoms with Gasteiger partial charge in [-0.3, -0.25) is 9.13 Å². The predicted molar refractivity (Wildman–Crippen MR) is 322 cm³/mol. The third kappa shape index (κ3) is 23.9. The number of nitrogens with two attached hydrogens (primary N) is 1. The highest BCUT2D eigenvalue weighted by molar-refractivity contribution is 9.69. The van der Waals surface area contributed by atoms with Crippen molar-refractivity contribution in [2.24, 2.45) is 0 Å². The smallest absolute Gasteiger partial charge is 0.369 e. The minimum absolute atomic E-state index is 0.112. The molecule has 0 aliphatic carbocycles. The first kappa shape index (κ1) is 63.6. The van der Waals surface area contributed by atoms with E-state index in [0.717, 1.165) is 14.6 Å². The van der Waals surface area contributed by atoms with E-state index in [1.54, 1.807) is 86.7 Å². The Morgan fingerprint density at radius 2 is 0.808 bits per heavy atom. The van der Waals surface area contributed by atoms with Gasteiger partial charge in [-0.1, -0.05) is 48.5 Å². The van der Waals surface area contributed by atoms with Crippen LogP contribution in [0.4, 0.5) is 56.9 Å². The number of ether oxygens (including phenoxy) is 3. The molecule has 0 bridgehead atoms. The molecule has 0 aromatic heterocycles. The fraction of sp³-hybridized carbons (Fsp3) is 0.149. The first-order valence-electron chi connectivity index (χ1n) is 20.5. The van der Waals surface area contributed by atoms with Gasteiger partial charge in [0.2, 0.25) is 0 Å². The minimum Gasteiger partial charge on any atom is -0.507 e. The lowest BCUT2D eigenvalue weighted by atomic mass is 10.2. The molecule has 0 amide bonds. The molecule has 2 atom stereocenters. The zero-order valence-electron chi connectivity index (χ0n) is 40.1. The zero-order chi connectivity index (χ0) is 54.9. The second-order valence-corrected chi connectivity index (χ2v) is 30.5. The highest BCUT2D eigenvalue weighted by Crippen LogP contribution is 2.47. The van der Waals surface area contributed by atoms with Crippen LogP contribution in [0.3, 0.4) is 0 Å². The van der Waals surface area contributed by atoms with Gasteiger partial charge in [0.25, 0.3) is 14.9 Å². The van der Waals surface area contributed by atoms with Gasteiger partial charge >= 0.3 is 3.18 Å². The molecule has 73 heavy (non-hydrogen) atoms. The van der Waals surface area contributed by atoms with E-state index >= 15 is 0 Å². The Kier molecular flexibility index (Phi) is 27.2. The van der Waals surface area contributed by atoms with Crippen LogP contribution in [0.1, 0.15) is 0 Å². The van der Waals surface area contributed by atoms with E-state index in [9.17, 15) is 18.8 Å². The average Bonchev–Trinajstić information content (AvgIpc) is 3.33. The number of hydrogen-bond acceptors (Lipinski definition) is 8. The zero-order valence-corrected chi connectivity index (χ0v) is 50.7. The molecular formula is C47H49BBr5N10O7P3. The van der Waals surface area contributed by atoms with E-state index in [2.05, 4.69) is 124 Å². The first-order chi connectivity index (χ1) is 34.3. The van der Waals surface area contributed by atoms with Crippen molar-refractivity contribution >= 4 is 161 Å². The Bertz CT molecular complexity index is 3150. The van der Waals surface area contributed by atoms with Crippen LogP contribution < -0.4 is 45.4 Å². The lowest BCUT2D eigenvalue weighted by Gasteiger charge is -2.21. The Labute approximate surface area is 468 Å². The molecule has 0 aliphatic heterocycles. The number of nitrogens with one attached hydrogen (secondary N) is 5. The molecule has 382 valence electrons. The van der Waals surface area contributed by atoms with E-state index in [4.69, 9.17) is 46.2 Å². The average molecular weight is 1370 g/mol. The van der Waals surface area contributed by atoms with Crippen molar-refractivity contribution in [3.63, 3.8) is 0 Å². The molecule has 6 aromatic carbocycles. The molecule has 0 fully saturated rings. The number of phenolic OH excluding ortho intramolecular Hbond substituents is 1. The van der Waals surface area contributed by atoms with Crippen molar-refractivity contribution in [3.8, 4) is 23.0 Å². The summed E-state index contributed by atoms with van der Waals surface area (Å²) < 4.78 is 54.1. The maximum atomic E-state index is 12.8. The molecule has 17 nitrogen and oxygen atoms in total. The number of halogens is 5. The maximum absolute atomic E-state index is 12.8. The molecule has 6 aromatic rings. The molecule has 0 radical (unpaired) electrons. The monoisotopic (exact) mass is 1360 g/mol. The SMILES string of the molecule is BrB(Br)Br.[C-]#[N+]c1ccc(N)c(OC)c1.[C-]#[N+]c1ccc(NP(C)(=O)Nc2ccccc2Br)c(O)c1.[C-]#[N+]c1ccc(NP(C)(=O)Nc2ccccc2Br)c(OC)c1.[C-]#[N+]c1ccc(NP(C)(C)=O)c(OC)c1. The number of nitrogen functional groups attached to an aromatic ring is 1. The van der Waals surface area contributed by atoms with Gasteiger partial charge in [0.15, 0.2) is 30.0 Å². The molecule has 2 unspecified atom stereocenters. The maximum Gasteiger partial charge on any atom is 0.369 e. The Balaban J connectivity index is 0.000000334. The summed E-state index contributed by atoms with van der Waals surface area (Å²) in [7, 11) is -3.70. The number of anilines is 6. The molecule has 6 rings (SSSR count). The fourth-order valence-electron chi connectivity index (χ4n) is 5.51. The molecule has 0 saturated carbocycles. The predicted octanol–water partition coefficient (Wildman–Crippen LogP) is 17.6. The third-order valence-corrected chi connectivity index (χ3v) is 13.4. The Morgan fingerprint density at radius 1 is 0.493 bits per heavy atom. The van der Waals surface area contributed by atoms with Gasteiger partial charge in [0, 0.05) is 35.6 Å². The van der Waals surface area contributed by atoms with E-state index in [0.29, 0.717) is 68.4 Å². The van der Waals surface area contributed by atoms with Crippen LogP contribution >= 0.6 is 101 Å². The van der Waals surface area contributed by atoms with Gasteiger partial charge in [0.1, 0.15) is 23.0 Å². The molecular weight excluding hydrogens is 1320 g/mol. The van der Waals surface area contributed by atoms with Crippen molar-refractivity contribution in [2.75, 3.05) is 79.2 Å². The molecule has 8 N–H and O–H groups in total. The summed E-state index contributed by atoms with van der Waals surface area (Å²) in [5.74, 6) is 1.45. The van der Waals surface area contributed by atoms with Gasteiger partial charge < -0.3 is 55.1 Å². The van der Waals surface area contributed by atoms with Gasteiger partial charge in [-0.2, -0.15) is 0 Å². The van der Waals surface area contributed by atoms with Crippen molar-refractivity contribution in [1.82, 2.24) is 0 Å². The second-order valence-electron chi connectivity index (χ2n) is 14.8. The lowest BCUT2D eigenvalue weighted by Crippen LogP contribution is -2.06. The Hall–Kier alpha value is -5.57. The van der Waals surface area contributed by atoms with Crippen LogP contribution in [0.15, 0.2) is 130 Å². The van der Waals surface area contributed by atoms with Gasteiger partial charge in [-0.15, -0.1) is 47.3 Å². The molecule has 26 heteroatoms. The summed E-state index contributed by atoms with van der Waals surface area (Å²) in [6.45, 7) is 33.9. The summed E-state index contributed by atoms with van der Waals surface area (Å²) in [4.78, 5) is 13.1. The highest BCUT2D eigenvalue weighted by Gasteiger charge is 2.20. The first-order valence-corrected chi connectivity index (χ1v) is 31.7. The number of nitrogens with zero attached hydrogens (tertiary/aromatic N) is 4. The van der Waals surface area contributed by atoms with Crippen molar-refractivity contribution in [2.45, 2.75) is 0 Å². The van der Waals surface area contributed by atoms with Crippen LogP contribution in [0.2, 0.25) is 0 Å². The summed E-state index contributed by atoms with van der Waals surface area (Å²) in [6, 6.07) is 34.0. The number of para-hydroxylation sites is 2. The second kappa shape index (κ2) is 31.2. The minimum atomic E-state index is -2.98. The van der Waals surface area contributed by atoms with Gasteiger partial charge in [-0.05, 0) is 105 Å². The standard InChI is InChI=1S/C15H15BrN3O2P.C14H13BrN3O2P.C10H13N2O2P.C8H8N2O.BBr3/c1-17-11-8-9-14(15(10-11)21-2)19-22(3,20)18-13-7-5-4-6-12(13)16;1-16-10-7-8-13(14(19)9-10)18-21(2,20)17-12-6-4-3-5-11(12)15;1-11-8-5-6-9(10(7-8)14-2)12-15(3,4)13;1-10-6-3-4-7(9)8(5-6)11-2;2-1(3)4/h4-10H,2-3H3,(H2,18,19,20);3-9,19H,2H3,(H2,17,18,20);5-7H,2-4H3,(H,12,13);3-5H,9H2,2H3;. The normalized spacial score (nSPS) is 11.5. The largest absolute Gasteiger partial charge is 0.507 e. The van der Waals surface area contributed by atoms with Gasteiger partial charge in [-0.25, -0.2) is 19.4 Å². The van der Waals surface area contributed by atoms with Crippen molar-refractivity contribution in [1.29, 1.82) is 0 Å². The summed E-state index contributed by atoms with van der Waals surface area (Å²) in [6.07, 6.45) is 0. The molecule has 0 heterocycles. The molecule has 0 saturated heterocycles. The Morgan fingerprint density at radius 3 is 1.16 bits per heavy atom. The van der Waals surface area contributed by atoms with Crippen LogP contribution in [0.5, 0.6) is 23.0 Å². The quantitative estimate of drug-likeness (QED) is 0.0189. The van der Waals surface area contributed by atoms with Crippen LogP contribution in [0.25, 0.3) is 19.4 Å². The number of benzene rings is 6. The van der Waals surface area contributed by atoms with Crippen LogP contribution in [-0.4, -0.2) is 56.3 Å². The van der Waals surface area contributed by atoms with E-state index in [1.165, 1.54) is 40.1 Å². The number of phenols is 1. The van der Waals surface area contributed by atoms with E-state index < -0.39 is 22.2 Å². The summed E-state index contributed by atoms with van der Waals surface area (Å²) in [5, 5.41) is 24.4. The number of rotatable bonds is 13. The number of methoxy groups -OCH3 is 3. The van der Waals surface area contributed by atoms with Crippen molar-refractivity contribution in [3.05, 3.63) is 176 Å². The van der Waals surface area contributed by atoms with E-state index in [-0.39, 0.29) is 8.93 Å². The fourth-order valence-corrected chi connectivity index (χ4v) is 10.1. The van der Waals surface area contributed by atoms with E-state index in [1.807, 2.05) is 42.5 Å². The highest BCUT2D eigenvalue weighted by atomic mass is 79.9. The lowest BCUT2D eigenvalue weighted by molar-refractivity contribution is 0.417. The summed E-state index contributed by atoms with van der Waals surface area (Å²) in [5.41, 5.74) is 10.9. The van der Waals surface area contributed by atoms with Crippen molar-refractivity contribution < 1.29 is 33.0 Å². The van der Waals surface area contributed by atoms with Crippen LogP contribution in [-0.2, 0) is 13.7 Å². The number of hydrogen-bond donors (Lipinski definition) is 7. The topological polar surface area (TPSA) is 203 Å². The molecule has 0 spiro atoms.